The average Bonchev–Trinajstić information content (AvgIpc) is 3.22. The van der Waals surface area contributed by atoms with Crippen LogP contribution in [0, 0.1) is 11.7 Å². The first-order valence-electron chi connectivity index (χ1n) is 8.61. The van der Waals surface area contributed by atoms with Gasteiger partial charge in [-0.05, 0) is 23.8 Å². The first kappa shape index (κ1) is 16.8. The Bertz CT molecular complexity index is 840. The van der Waals surface area contributed by atoms with Crippen molar-refractivity contribution >= 4 is 5.71 Å². The summed E-state index contributed by atoms with van der Waals surface area (Å²) in [6.07, 6.45) is -0.0234. The Hall–Kier alpha value is -2.60. The van der Waals surface area contributed by atoms with Crippen LogP contribution in [0.3, 0.4) is 0 Å². The van der Waals surface area contributed by atoms with Gasteiger partial charge >= 0.3 is 0 Å². The second kappa shape index (κ2) is 6.96. The van der Waals surface area contributed by atoms with E-state index in [9.17, 15) is 4.39 Å². The predicted molar refractivity (Wildman–Crippen MR) is 96.1 cm³/mol. The number of halogens is 1. The van der Waals surface area contributed by atoms with Crippen LogP contribution < -0.4 is 9.47 Å². The Morgan fingerprint density at radius 1 is 1.12 bits per heavy atom. The smallest absolute Gasteiger partial charge is 0.161 e. The molecule has 0 aromatic heterocycles. The number of methoxy groups -OCH3 is 2. The molecule has 2 aromatic rings. The van der Waals surface area contributed by atoms with Crippen molar-refractivity contribution in [3.63, 3.8) is 0 Å². The Kier molecular flexibility index (Phi) is 4.51. The van der Waals surface area contributed by atoms with Crippen molar-refractivity contribution in [2.75, 3.05) is 27.3 Å². The lowest BCUT2D eigenvalue weighted by Gasteiger charge is -2.17. The highest BCUT2D eigenvalue weighted by atomic mass is 19.1. The Morgan fingerprint density at radius 3 is 2.69 bits per heavy atom. The molecule has 4 rings (SSSR count). The van der Waals surface area contributed by atoms with E-state index in [1.807, 2.05) is 24.3 Å². The van der Waals surface area contributed by atoms with Gasteiger partial charge in [-0.15, -0.1) is 0 Å². The van der Waals surface area contributed by atoms with Gasteiger partial charge in [-0.2, -0.15) is 0 Å². The van der Waals surface area contributed by atoms with E-state index in [-0.39, 0.29) is 17.8 Å². The zero-order valence-corrected chi connectivity index (χ0v) is 14.8. The second-order valence-electron chi connectivity index (χ2n) is 6.59. The number of nitrogens with zero attached hydrogens (tertiary/aromatic N) is 2. The number of oxime groups is 1. The van der Waals surface area contributed by atoms with Gasteiger partial charge in [0.05, 0.1) is 25.8 Å². The molecule has 0 spiro atoms. The maximum atomic E-state index is 14.1. The van der Waals surface area contributed by atoms with Gasteiger partial charge in [0.15, 0.2) is 11.5 Å². The normalized spacial score (nSPS) is 21.9. The standard InChI is InChI=1S/C20H21FN2O3/c1-24-17-8-7-13(9-18(17)25-2)10-23-11-15-19(12-23)26-22-20(15)14-5-3-4-6-16(14)21/h3-9,15,19H,10-12H2,1-2H3/t15-,19+/m1/s1. The van der Waals surface area contributed by atoms with Gasteiger partial charge in [0.1, 0.15) is 11.9 Å². The molecular weight excluding hydrogens is 335 g/mol. The van der Waals surface area contributed by atoms with Crippen LogP contribution in [0.15, 0.2) is 47.6 Å². The van der Waals surface area contributed by atoms with Gasteiger partial charge in [-0.25, -0.2) is 4.39 Å². The van der Waals surface area contributed by atoms with Crippen LogP contribution >= 0.6 is 0 Å². The molecule has 5 nitrogen and oxygen atoms in total. The number of ether oxygens (including phenoxy) is 2. The van der Waals surface area contributed by atoms with E-state index in [2.05, 4.69) is 10.1 Å². The van der Waals surface area contributed by atoms with Crippen molar-refractivity contribution in [1.82, 2.24) is 4.90 Å². The molecule has 0 aliphatic carbocycles. The third-order valence-electron chi connectivity index (χ3n) is 4.98. The summed E-state index contributed by atoms with van der Waals surface area (Å²) in [5.41, 5.74) is 2.38. The van der Waals surface area contributed by atoms with Crippen LogP contribution in [0.4, 0.5) is 4.39 Å². The third-order valence-corrected chi connectivity index (χ3v) is 4.98. The van der Waals surface area contributed by atoms with Crippen molar-refractivity contribution in [1.29, 1.82) is 0 Å². The maximum Gasteiger partial charge on any atom is 0.161 e. The predicted octanol–water partition coefficient (Wildman–Crippen LogP) is 3.08. The molecular formula is C20H21FN2O3. The Morgan fingerprint density at radius 2 is 1.92 bits per heavy atom. The number of hydrogen-bond donors (Lipinski definition) is 0. The minimum Gasteiger partial charge on any atom is -0.493 e. The molecule has 2 aromatic carbocycles. The topological polar surface area (TPSA) is 43.3 Å². The molecule has 1 saturated heterocycles. The molecule has 6 heteroatoms. The third kappa shape index (κ3) is 3.01. The van der Waals surface area contributed by atoms with E-state index < -0.39 is 0 Å². The van der Waals surface area contributed by atoms with E-state index in [1.54, 1.807) is 26.4 Å². The molecule has 2 aliphatic heterocycles. The molecule has 1 fully saturated rings. The quantitative estimate of drug-likeness (QED) is 0.826. The molecule has 0 radical (unpaired) electrons. The fourth-order valence-corrected chi connectivity index (χ4v) is 3.70. The van der Waals surface area contributed by atoms with E-state index in [0.717, 1.165) is 25.2 Å². The summed E-state index contributed by atoms with van der Waals surface area (Å²) in [4.78, 5) is 7.88. The van der Waals surface area contributed by atoms with Gasteiger partial charge in [0, 0.05) is 25.2 Å². The fourth-order valence-electron chi connectivity index (χ4n) is 3.70. The summed E-state index contributed by atoms with van der Waals surface area (Å²) in [5.74, 6) is 1.27. The van der Waals surface area contributed by atoms with Gasteiger partial charge < -0.3 is 14.3 Å². The number of rotatable bonds is 5. The summed E-state index contributed by atoms with van der Waals surface area (Å²) >= 11 is 0. The molecule has 0 bridgehead atoms. The second-order valence-corrected chi connectivity index (χ2v) is 6.59. The van der Waals surface area contributed by atoms with Crippen LogP contribution in [0.5, 0.6) is 11.5 Å². The summed E-state index contributed by atoms with van der Waals surface area (Å²) in [7, 11) is 3.26. The molecule has 0 saturated carbocycles. The van der Waals surface area contributed by atoms with E-state index in [0.29, 0.717) is 22.8 Å². The molecule has 0 amide bonds. The first-order chi connectivity index (χ1) is 12.7. The van der Waals surface area contributed by atoms with Crippen LogP contribution in [0.2, 0.25) is 0 Å². The molecule has 2 atom stereocenters. The van der Waals surface area contributed by atoms with Crippen molar-refractivity contribution in [2.24, 2.45) is 11.1 Å². The van der Waals surface area contributed by atoms with E-state index in [1.165, 1.54) is 6.07 Å². The average molecular weight is 356 g/mol. The van der Waals surface area contributed by atoms with Crippen molar-refractivity contribution in [2.45, 2.75) is 12.6 Å². The van der Waals surface area contributed by atoms with Crippen molar-refractivity contribution in [3.05, 3.63) is 59.4 Å². The SMILES string of the molecule is COc1ccc(CN2C[C@@H]3ON=C(c4ccccc4F)[C@@H]3C2)cc1OC. The van der Waals surface area contributed by atoms with Gasteiger partial charge in [-0.1, -0.05) is 29.4 Å². The van der Waals surface area contributed by atoms with E-state index >= 15 is 0 Å². The number of fused-ring (bicyclic) bond motifs is 1. The zero-order valence-electron chi connectivity index (χ0n) is 14.8. The van der Waals surface area contributed by atoms with E-state index in [4.69, 9.17) is 14.3 Å². The van der Waals surface area contributed by atoms with Crippen molar-refractivity contribution < 1.29 is 18.7 Å². The minimum absolute atomic E-state index is 0.0234. The maximum absolute atomic E-state index is 14.1. The summed E-state index contributed by atoms with van der Waals surface area (Å²) in [5, 5.41) is 4.16. The molecule has 136 valence electrons. The lowest BCUT2D eigenvalue weighted by Crippen LogP contribution is -2.23. The first-order valence-corrected chi connectivity index (χ1v) is 8.61. The van der Waals surface area contributed by atoms with Crippen LogP contribution in [-0.4, -0.2) is 44.0 Å². The summed E-state index contributed by atoms with van der Waals surface area (Å²) in [6, 6.07) is 12.7. The van der Waals surface area contributed by atoms with Gasteiger partial charge in [0.2, 0.25) is 0 Å². The summed E-state index contributed by atoms with van der Waals surface area (Å²) in [6.45, 7) is 2.31. The Labute approximate surface area is 152 Å². The number of benzene rings is 2. The summed E-state index contributed by atoms with van der Waals surface area (Å²) < 4.78 is 24.8. The highest BCUT2D eigenvalue weighted by Crippen LogP contribution is 2.33. The monoisotopic (exact) mass is 356 g/mol. The molecule has 0 N–H and O–H groups in total. The molecule has 26 heavy (non-hydrogen) atoms. The molecule has 2 heterocycles. The fraction of sp³-hybridized carbons (Fsp3) is 0.350. The number of hydrogen-bond acceptors (Lipinski definition) is 5. The molecule has 0 unspecified atom stereocenters. The highest BCUT2D eigenvalue weighted by molar-refractivity contribution is 6.03. The number of likely N-dealkylation sites (tertiary alicyclic amines) is 1. The van der Waals surface area contributed by atoms with Gasteiger partial charge in [-0.3, -0.25) is 4.90 Å². The Balaban J connectivity index is 1.48. The van der Waals surface area contributed by atoms with Crippen LogP contribution in [-0.2, 0) is 11.4 Å². The minimum atomic E-state index is -0.256. The lowest BCUT2D eigenvalue weighted by atomic mass is 9.94. The van der Waals surface area contributed by atoms with Crippen molar-refractivity contribution in [3.8, 4) is 11.5 Å². The van der Waals surface area contributed by atoms with Crippen LogP contribution in [0.25, 0.3) is 0 Å². The molecule has 2 aliphatic rings. The van der Waals surface area contributed by atoms with Gasteiger partial charge in [0.25, 0.3) is 0 Å². The van der Waals surface area contributed by atoms with Crippen LogP contribution in [0.1, 0.15) is 11.1 Å². The largest absolute Gasteiger partial charge is 0.493 e. The zero-order chi connectivity index (χ0) is 18.1. The highest BCUT2D eigenvalue weighted by Gasteiger charge is 2.43. The lowest BCUT2D eigenvalue weighted by molar-refractivity contribution is 0.0745.